The van der Waals surface area contributed by atoms with E-state index in [1.165, 1.54) is 0 Å². The zero-order chi connectivity index (χ0) is 11.0. The summed E-state index contributed by atoms with van der Waals surface area (Å²) in [6, 6.07) is 0. The Morgan fingerprint density at radius 2 is 0.692 bits per heavy atom. The molecule has 0 aromatic heterocycles. The van der Waals surface area contributed by atoms with E-state index in [1.54, 1.807) is 0 Å². The van der Waals surface area contributed by atoms with E-state index in [0.29, 0.717) is 0 Å². The maximum atomic E-state index is 8.74. The predicted octanol–water partition coefficient (Wildman–Crippen LogP) is -4.17. The van der Waals surface area contributed by atoms with Crippen LogP contribution in [-0.2, 0) is 20.8 Å². The van der Waals surface area contributed by atoms with Crippen LogP contribution < -0.4 is 51.4 Å². The van der Waals surface area contributed by atoms with Gasteiger partial charge >= 0.3 is 72.2 Å². The molecule has 0 atom stereocenters. The van der Waals surface area contributed by atoms with Crippen molar-refractivity contribution in [3.63, 3.8) is 0 Å². The first-order chi connectivity index (χ1) is 5.00. The van der Waals surface area contributed by atoms with E-state index in [4.69, 9.17) is 45.6 Å². The minimum atomic E-state index is -4.67. The minimum Gasteiger partial charge on any atom is -1.00 e. The van der Waals surface area contributed by atoms with Gasteiger partial charge in [0.05, 0.1) is 0 Å². The Morgan fingerprint density at radius 1 is 0.692 bits per heavy atom. The van der Waals surface area contributed by atoms with Gasteiger partial charge in [0.25, 0.3) is 0 Å². The molecule has 0 amide bonds. The molecule has 0 aromatic rings. The largest absolute Gasteiger partial charge is 1.00 e. The van der Waals surface area contributed by atoms with Crippen LogP contribution in [0.4, 0.5) is 0 Å². The first-order valence-electron chi connectivity index (χ1n) is 1.60. The third kappa shape index (κ3) is 1010. The summed E-state index contributed by atoms with van der Waals surface area (Å²) >= 11 is 0. The summed E-state index contributed by atoms with van der Waals surface area (Å²) in [5.41, 5.74) is 0. The van der Waals surface area contributed by atoms with Gasteiger partial charge in [-0.25, -0.2) is 0 Å². The predicted molar refractivity (Wildman–Crippen MR) is 34.7 cm³/mol. The van der Waals surface area contributed by atoms with Crippen LogP contribution in [0.5, 0.6) is 0 Å². The van der Waals surface area contributed by atoms with E-state index >= 15 is 0 Å². The van der Waals surface area contributed by atoms with E-state index in [0.717, 1.165) is 0 Å². The Labute approximate surface area is 118 Å². The smallest absolute Gasteiger partial charge is 1.00 e. The summed E-state index contributed by atoms with van der Waals surface area (Å²) in [6.07, 6.45) is 0. The molecule has 0 rings (SSSR count). The van der Waals surface area contributed by atoms with Crippen LogP contribution in [-0.4, -0.2) is 45.6 Å². The summed E-state index contributed by atoms with van der Waals surface area (Å²) in [5.74, 6) is 0. The quantitative estimate of drug-likeness (QED) is 0.109. The molecule has 10 nitrogen and oxygen atoms in total. The summed E-state index contributed by atoms with van der Waals surface area (Å²) in [4.78, 5) is 0. The fourth-order valence-electron chi connectivity index (χ4n) is 0. The molecular weight excluding hydrogens is 263 g/mol. The summed E-state index contributed by atoms with van der Waals surface area (Å²) in [7, 11) is -9.33. The average molecular weight is 270 g/mol. The normalized spacial score (nSPS) is 9.38. The van der Waals surface area contributed by atoms with Crippen LogP contribution in [0.2, 0.25) is 0 Å². The maximum Gasteiger partial charge on any atom is 1.00 e. The first-order valence-corrected chi connectivity index (χ1v) is 4.39. The fourth-order valence-corrected chi connectivity index (χ4v) is 0. The van der Waals surface area contributed by atoms with Gasteiger partial charge in [0.1, 0.15) is 0 Å². The van der Waals surface area contributed by atoms with Crippen LogP contribution in [0.25, 0.3) is 0 Å². The molecule has 0 spiro atoms. The monoisotopic (exact) mass is 270 g/mol. The molecule has 0 fully saturated rings. The Balaban J connectivity index is -0.0000000292. The fraction of sp³-hybridized carbons (Fsp3) is 0. The number of hydrogen-bond acceptors (Lipinski definition) is 6. The molecule has 0 heterocycles. The molecule has 0 aliphatic carbocycles. The third-order valence-corrected chi connectivity index (χ3v) is 0. The molecule has 13 heavy (non-hydrogen) atoms. The Morgan fingerprint density at radius 3 is 0.692 bits per heavy atom. The number of rotatable bonds is 0. The number of hydrogen-bond donors (Lipinski definition) is 6. The van der Waals surface area contributed by atoms with Gasteiger partial charge in [-0.1, -0.05) is 0 Å². The molecule has 0 unspecified atom stereocenters. The molecule has 13 heteroatoms. The second kappa shape index (κ2) is 11.4. The molecule has 0 bridgehead atoms. The van der Waals surface area contributed by atoms with Crippen molar-refractivity contribution in [1.82, 2.24) is 0 Å². The van der Waals surface area contributed by atoms with E-state index < -0.39 is 20.8 Å². The SMILES string of the molecule is O=S(=O)(O)O.O=S(=O)(O)O.OO.[H-].[K+]. The van der Waals surface area contributed by atoms with Crippen molar-refractivity contribution in [3.8, 4) is 0 Å². The molecular formula is H7KO10S2. The van der Waals surface area contributed by atoms with Gasteiger partial charge in [0.2, 0.25) is 0 Å². The maximum absolute atomic E-state index is 8.74. The van der Waals surface area contributed by atoms with Gasteiger partial charge < -0.3 is 1.43 Å². The average Bonchev–Trinajstić information content (AvgIpc) is 1.59. The Hall–Kier alpha value is 1.30. The van der Waals surface area contributed by atoms with E-state index in [9.17, 15) is 0 Å². The minimum absolute atomic E-state index is 0. The third-order valence-electron chi connectivity index (χ3n) is 0. The van der Waals surface area contributed by atoms with Crippen LogP contribution in [0.15, 0.2) is 0 Å². The first kappa shape index (κ1) is 23.8. The van der Waals surface area contributed by atoms with Crippen LogP contribution in [0.3, 0.4) is 0 Å². The van der Waals surface area contributed by atoms with Crippen molar-refractivity contribution in [2.45, 2.75) is 0 Å². The van der Waals surface area contributed by atoms with E-state index in [-0.39, 0.29) is 52.8 Å². The van der Waals surface area contributed by atoms with Crippen molar-refractivity contribution in [1.29, 1.82) is 0 Å². The second-order valence-corrected chi connectivity index (χ2v) is 2.69. The Kier molecular flexibility index (Phi) is 20.9. The van der Waals surface area contributed by atoms with Gasteiger partial charge in [0.15, 0.2) is 0 Å². The summed E-state index contributed by atoms with van der Waals surface area (Å²) < 4.78 is 63.2. The van der Waals surface area contributed by atoms with Gasteiger partial charge in [-0.2, -0.15) is 16.8 Å². The molecule has 0 aromatic carbocycles. The van der Waals surface area contributed by atoms with Crippen molar-refractivity contribution in [2.24, 2.45) is 0 Å². The van der Waals surface area contributed by atoms with Gasteiger partial charge in [-0.05, 0) is 0 Å². The van der Waals surface area contributed by atoms with Gasteiger partial charge in [0, 0.05) is 0 Å². The second-order valence-electron chi connectivity index (χ2n) is 0.896. The Bertz CT molecular complexity index is 214. The van der Waals surface area contributed by atoms with E-state index in [1.807, 2.05) is 0 Å². The zero-order valence-corrected chi connectivity index (χ0v) is 10.9. The van der Waals surface area contributed by atoms with Crippen LogP contribution in [0.1, 0.15) is 1.43 Å². The summed E-state index contributed by atoms with van der Waals surface area (Å²) in [6.45, 7) is 0. The van der Waals surface area contributed by atoms with Gasteiger partial charge in [-0.3, -0.25) is 28.7 Å². The molecule has 0 aliphatic rings. The standard InChI is InChI=1S/K.2H2O4S.H2O2.H/c;2*1-5(2,3)4;1-2;/h;2*(H2,1,2,3,4);1-2H;/q+1;;;;-1. The zero-order valence-electron chi connectivity index (χ0n) is 7.13. The van der Waals surface area contributed by atoms with Gasteiger partial charge in [-0.15, -0.1) is 0 Å². The van der Waals surface area contributed by atoms with Crippen molar-refractivity contribution in [2.75, 3.05) is 0 Å². The summed E-state index contributed by atoms with van der Waals surface area (Å²) in [5, 5.41) is 12.0. The molecule has 0 aliphatic heterocycles. The van der Waals surface area contributed by atoms with Crippen LogP contribution in [0, 0.1) is 0 Å². The topological polar surface area (TPSA) is 190 Å². The molecule has 0 saturated carbocycles. The molecule has 80 valence electrons. The molecule has 6 N–H and O–H groups in total. The van der Waals surface area contributed by atoms with Crippen LogP contribution >= 0.6 is 0 Å². The van der Waals surface area contributed by atoms with Crippen molar-refractivity contribution < 1.29 is 98.4 Å². The van der Waals surface area contributed by atoms with Crippen molar-refractivity contribution >= 4 is 20.8 Å². The van der Waals surface area contributed by atoms with E-state index in [2.05, 4.69) is 0 Å². The van der Waals surface area contributed by atoms with Crippen molar-refractivity contribution in [3.05, 3.63) is 0 Å². The molecule has 0 radical (unpaired) electrons. The molecule has 0 saturated heterocycles.